The molecule has 4 atom stereocenters. The molecule has 2 fully saturated rings. The van der Waals surface area contributed by atoms with Gasteiger partial charge in [0.15, 0.2) is 6.29 Å². The molecule has 0 aromatic rings. The van der Waals surface area contributed by atoms with Crippen molar-refractivity contribution in [3.05, 3.63) is 12.2 Å². The van der Waals surface area contributed by atoms with E-state index in [-0.39, 0.29) is 18.5 Å². The Hall–Kier alpha value is -0.380. The third-order valence-electron chi connectivity index (χ3n) is 2.64. The van der Waals surface area contributed by atoms with Crippen LogP contribution in [0, 0.1) is 5.92 Å². The van der Waals surface area contributed by atoms with Gasteiger partial charge in [0.05, 0.1) is 12.7 Å². The smallest absolute Gasteiger partial charge is 0.184 e. The molecule has 2 rings (SSSR count). The van der Waals surface area contributed by atoms with Gasteiger partial charge >= 0.3 is 0 Å². The maximum absolute atomic E-state index is 5.54. The lowest BCUT2D eigenvalue weighted by Crippen LogP contribution is -2.26. The summed E-state index contributed by atoms with van der Waals surface area (Å²) in [4.78, 5) is 0. The van der Waals surface area contributed by atoms with Crippen LogP contribution in [0.2, 0.25) is 0 Å². The largest absolute Gasteiger partial charge is 0.368 e. The highest BCUT2D eigenvalue weighted by atomic mass is 16.7. The molecule has 0 N–H and O–H groups in total. The average molecular weight is 170 g/mol. The van der Waals surface area contributed by atoms with Crippen molar-refractivity contribution >= 4 is 0 Å². The van der Waals surface area contributed by atoms with Crippen molar-refractivity contribution in [3.63, 3.8) is 0 Å². The maximum atomic E-state index is 5.54. The van der Waals surface area contributed by atoms with E-state index in [4.69, 9.17) is 14.2 Å². The fourth-order valence-electron chi connectivity index (χ4n) is 2.05. The molecule has 0 radical (unpaired) electrons. The van der Waals surface area contributed by atoms with Gasteiger partial charge in [0.1, 0.15) is 6.10 Å². The SMILES string of the molecule is C=C1CO[C@H]2[C@@H](OC)O[C@@H](C)[C@@H]12. The van der Waals surface area contributed by atoms with Crippen molar-refractivity contribution in [1.82, 2.24) is 0 Å². The third kappa shape index (κ3) is 1.01. The summed E-state index contributed by atoms with van der Waals surface area (Å²) in [6.07, 6.45) is 0.0386. The van der Waals surface area contributed by atoms with Gasteiger partial charge in [-0.05, 0) is 12.5 Å². The Bertz CT molecular complexity index is 202. The normalized spacial score (nSPS) is 46.7. The molecular formula is C9H14O3. The van der Waals surface area contributed by atoms with Crippen LogP contribution >= 0.6 is 0 Å². The van der Waals surface area contributed by atoms with E-state index in [2.05, 4.69) is 6.58 Å². The minimum absolute atomic E-state index is 0.0671. The lowest BCUT2D eigenvalue weighted by molar-refractivity contribution is -0.154. The standard InChI is InChI=1S/C9H14O3/c1-5-4-11-8-7(5)6(2)12-9(8)10-3/h6-9H,1,4H2,2-3H3/t6-,7+,8+,9-/m0/s1. The van der Waals surface area contributed by atoms with Gasteiger partial charge in [-0.15, -0.1) is 0 Å². The molecule has 0 bridgehead atoms. The summed E-state index contributed by atoms with van der Waals surface area (Å²) in [5.41, 5.74) is 1.13. The number of methoxy groups -OCH3 is 1. The van der Waals surface area contributed by atoms with Crippen LogP contribution in [-0.4, -0.2) is 32.2 Å². The Labute approximate surface area is 72.3 Å². The first kappa shape index (κ1) is 8.23. The van der Waals surface area contributed by atoms with E-state index in [1.807, 2.05) is 6.92 Å². The van der Waals surface area contributed by atoms with Crippen LogP contribution in [0.25, 0.3) is 0 Å². The lowest BCUT2D eigenvalue weighted by Gasteiger charge is -2.13. The summed E-state index contributed by atoms with van der Waals surface area (Å²) in [5, 5.41) is 0. The monoisotopic (exact) mass is 170 g/mol. The summed E-state index contributed by atoms with van der Waals surface area (Å²) in [6.45, 7) is 6.65. The first-order valence-corrected chi connectivity index (χ1v) is 4.21. The molecule has 2 saturated heterocycles. The van der Waals surface area contributed by atoms with E-state index < -0.39 is 0 Å². The quantitative estimate of drug-likeness (QED) is 0.548. The van der Waals surface area contributed by atoms with Crippen LogP contribution in [-0.2, 0) is 14.2 Å². The lowest BCUT2D eigenvalue weighted by atomic mass is 9.95. The molecule has 2 heterocycles. The Kier molecular flexibility index (Phi) is 1.94. The number of hydrogen-bond donors (Lipinski definition) is 0. The highest BCUT2D eigenvalue weighted by Crippen LogP contribution is 2.39. The first-order chi connectivity index (χ1) is 5.74. The third-order valence-corrected chi connectivity index (χ3v) is 2.64. The molecule has 12 heavy (non-hydrogen) atoms. The van der Waals surface area contributed by atoms with Crippen LogP contribution in [0.15, 0.2) is 12.2 Å². The topological polar surface area (TPSA) is 27.7 Å². The maximum Gasteiger partial charge on any atom is 0.184 e. The Balaban J connectivity index is 2.17. The van der Waals surface area contributed by atoms with Gasteiger partial charge in [-0.2, -0.15) is 0 Å². The Morgan fingerprint density at radius 2 is 2.33 bits per heavy atom. The van der Waals surface area contributed by atoms with Gasteiger partial charge in [-0.25, -0.2) is 0 Å². The molecule has 2 aliphatic heterocycles. The van der Waals surface area contributed by atoms with Crippen molar-refractivity contribution in [2.45, 2.75) is 25.4 Å². The minimum Gasteiger partial charge on any atom is -0.368 e. The van der Waals surface area contributed by atoms with E-state index in [1.54, 1.807) is 7.11 Å². The van der Waals surface area contributed by atoms with Crippen molar-refractivity contribution in [2.24, 2.45) is 5.92 Å². The number of fused-ring (bicyclic) bond motifs is 1. The number of ether oxygens (including phenoxy) is 3. The second-order valence-electron chi connectivity index (χ2n) is 3.40. The zero-order valence-corrected chi connectivity index (χ0v) is 7.45. The highest BCUT2D eigenvalue weighted by Gasteiger charge is 2.48. The molecule has 0 amide bonds. The van der Waals surface area contributed by atoms with Gasteiger partial charge in [0, 0.05) is 13.0 Å². The van der Waals surface area contributed by atoms with Crippen LogP contribution in [0.5, 0.6) is 0 Å². The van der Waals surface area contributed by atoms with E-state index in [1.165, 1.54) is 0 Å². The van der Waals surface area contributed by atoms with Crippen molar-refractivity contribution in [1.29, 1.82) is 0 Å². The molecular weight excluding hydrogens is 156 g/mol. The zero-order chi connectivity index (χ0) is 8.72. The van der Waals surface area contributed by atoms with Crippen LogP contribution in [0.1, 0.15) is 6.92 Å². The first-order valence-electron chi connectivity index (χ1n) is 4.21. The zero-order valence-electron chi connectivity index (χ0n) is 7.45. The van der Waals surface area contributed by atoms with Gasteiger partial charge in [-0.3, -0.25) is 0 Å². The van der Waals surface area contributed by atoms with E-state index in [0.29, 0.717) is 12.5 Å². The molecule has 0 aromatic heterocycles. The highest BCUT2D eigenvalue weighted by molar-refractivity contribution is 5.14. The minimum atomic E-state index is -0.204. The predicted molar refractivity (Wildman–Crippen MR) is 43.7 cm³/mol. The van der Waals surface area contributed by atoms with Crippen LogP contribution in [0.3, 0.4) is 0 Å². The molecule has 3 nitrogen and oxygen atoms in total. The summed E-state index contributed by atoms with van der Waals surface area (Å²) in [6, 6.07) is 0. The molecule has 0 aliphatic carbocycles. The van der Waals surface area contributed by atoms with E-state index >= 15 is 0 Å². The second kappa shape index (κ2) is 2.83. The molecule has 3 heteroatoms. The molecule has 0 unspecified atom stereocenters. The van der Waals surface area contributed by atoms with Crippen molar-refractivity contribution < 1.29 is 14.2 Å². The number of rotatable bonds is 1. The molecule has 0 aromatic carbocycles. The summed E-state index contributed by atoms with van der Waals surface area (Å²) < 4.78 is 16.2. The van der Waals surface area contributed by atoms with E-state index in [9.17, 15) is 0 Å². The van der Waals surface area contributed by atoms with Gasteiger partial charge < -0.3 is 14.2 Å². The predicted octanol–water partition coefficient (Wildman–Crippen LogP) is 0.949. The van der Waals surface area contributed by atoms with Crippen molar-refractivity contribution in [2.75, 3.05) is 13.7 Å². The summed E-state index contributed by atoms with van der Waals surface area (Å²) in [5.74, 6) is 0.329. The fourth-order valence-corrected chi connectivity index (χ4v) is 2.05. The molecule has 0 saturated carbocycles. The van der Waals surface area contributed by atoms with Gasteiger partial charge in [-0.1, -0.05) is 6.58 Å². The number of hydrogen-bond acceptors (Lipinski definition) is 3. The summed E-state index contributed by atoms with van der Waals surface area (Å²) >= 11 is 0. The second-order valence-corrected chi connectivity index (χ2v) is 3.40. The van der Waals surface area contributed by atoms with Crippen molar-refractivity contribution in [3.8, 4) is 0 Å². The molecule has 0 spiro atoms. The van der Waals surface area contributed by atoms with E-state index in [0.717, 1.165) is 5.57 Å². The molecule has 2 aliphatic rings. The molecule has 68 valence electrons. The van der Waals surface area contributed by atoms with Crippen LogP contribution in [0.4, 0.5) is 0 Å². The van der Waals surface area contributed by atoms with Crippen LogP contribution < -0.4 is 0 Å². The summed E-state index contributed by atoms with van der Waals surface area (Å²) in [7, 11) is 1.64. The fraction of sp³-hybridized carbons (Fsp3) is 0.778. The average Bonchev–Trinajstić information content (AvgIpc) is 2.55. The van der Waals surface area contributed by atoms with Gasteiger partial charge in [0.25, 0.3) is 0 Å². The van der Waals surface area contributed by atoms with Gasteiger partial charge in [0.2, 0.25) is 0 Å². The Morgan fingerprint density at radius 1 is 1.58 bits per heavy atom. The Morgan fingerprint density at radius 3 is 3.00 bits per heavy atom.